The van der Waals surface area contributed by atoms with E-state index in [2.05, 4.69) is 5.32 Å². The first kappa shape index (κ1) is 24.7. The summed E-state index contributed by atoms with van der Waals surface area (Å²) < 4.78 is 21.7. The smallest absolute Gasteiger partial charge is 0.343 e. The molecular formula is C28H29FN4O5. The highest BCUT2D eigenvalue weighted by molar-refractivity contribution is 5.93. The summed E-state index contributed by atoms with van der Waals surface area (Å²) in [6, 6.07) is 2.42. The molecule has 3 atom stereocenters. The van der Waals surface area contributed by atoms with E-state index >= 15 is 0 Å². The normalized spacial score (nSPS) is 21.9. The maximum Gasteiger partial charge on any atom is 0.343 e. The standard InChI is InChI=1S/C28H29FN4O5/c1-4-28(37)18-7-21-24-16(10-33(21)26(35)17(18)11-38-27(28)36)22-14(9-31-25(34)13(3)30)5-6-15-12(2)19(29)8-20(32-24)23(15)22/h7-8,13-14,37H,4-6,9-11,30H2,1-3H3,(H,31,34)/t13-,14+,28-/m0/s1. The molecule has 0 spiro atoms. The SMILES string of the molecule is CC[C@@]1(O)C(=O)OCc2c1cc1n(c2=O)Cc2c-1nc1cc(F)c(C)c3c1c2[C@@H](CNC(=O)[C@H](C)N)CC3. The fraction of sp³-hybridized carbons (Fsp3) is 0.429. The molecule has 3 aromatic rings. The average Bonchev–Trinajstić information content (AvgIpc) is 3.27. The predicted octanol–water partition coefficient (Wildman–Crippen LogP) is 2.02. The van der Waals surface area contributed by atoms with Crippen molar-refractivity contribution in [1.29, 1.82) is 0 Å². The van der Waals surface area contributed by atoms with Crippen molar-refractivity contribution in [2.75, 3.05) is 6.54 Å². The molecule has 0 fully saturated rings. The summed E-state index contributed by atoms with van der Waals surface area (Å²) in [5.74, 6) is -1.49. The Morgan fingerprint density at radius 3 is 2.82 bits per heavy atom. The van der Waals surface area contributed by atoms with Crippen molar-refractivity contribution in [3.8, 4) is 11.4 Å². The molecular weight excluding hydrogens is 491 g/mol. The van der Waals surface area contributed by atoms with E-state index in [4.69, 9.17) is 15.5 Å². The van der Waals surface area contributed by atoms with Crippen LogP contribution >= 0.6 is 0 Å². The van der Waals surface area contributed by atoms with Gasteiger partial charge in [-0.15, -0.1) is 0 Å². The molecule has 1 aliphatic carbocycles. The first-order chi connectivity index (χ1) is 18.1. The second kappa shape index (κ2) is 8.44. The minimum atomic E-state index is -1.93. The maximum absolute atomic E-state index is 15.0. The third-order valence-electron chi connectivity index (χ3n) is 8.43. The Morgan fingerprint density at radius 1 is 1.34 bits per heavy atom. The number of pyridine rings is 2. The quantitative estimate of drug-likeness (QED) is 0.350. The number of nitrogens with one attached hydrogen (secondary N) is 1. The van der Waals surface area contributed by atoms with Gasteiger partial charge in [-0.25, -0.2) is 14.2 Å². The lowest BCUT2D eigenvalue weighted by atomic mass is 9.78. The second-order valence-electron chi connectivity index (χ2n) is 10.6. The van der Waals surface area contributed by atoms with Crippen molar-refractivity contribution in [3.05, 3.63) is 61.7 Å². The third kappa shape index (κ3) is 3.29. The lowest BCUT2D eigenvalue weighted by Gasteiger charge is -2.31. The van der Waals surface area contributed by atoms with Gasteiger partial charge in [-0.05, 0) is 55.9 Å². The van der Waals surface area contributed by atoms with Crippen LogP contribution in [-0.2, 0) is 39.5 Å². The number of ether oxygens (including phenoxy) is 1. The number of cyclic esters (lactones) is 1. The van der Waals surface area contributed by atoms with Crippen LogP contribution in [0.25, 0.3) is 22.3 Å². The zero-order valence-corrected chi connectivity index (χ0v) is 21.5. The number of esters is 1. The Morgan fingerprint density at radius 2 is 2.11 bits per heavy atom. The Labute approximate surface area is 217 Å². The van der Waals surface area contributed by atoms with Crippen molar-refractivity contribution in [2.24, 2.45) is 5.73 Å². The van der Waals surface area contributed by atoms with Crippen LogP contribution in [-0.4, -0.2) is 39.1 Å². The topological polar surface area (TPSA) is 137 Å². The highest BCUT2D eigenvalue weighted by Gasteiger charge is 2.46. The highest BCUT2D eigenvalue weighted by atomic mass is 19.1. The fourth-order valence-electron chi connectivity index (χ4n) is 6.24. The van der Waals surface area contributed by atoms with Crippen molar-refractivity contribution < 1.29 is 23.8 Å². The number of halogens is 1. The van der Waals surface area contributed by atoms with Crippen LogP contribution in [0.2, 0.25) is 0 Å². The molecule has 1 aromatic carbocycles. The number of amides is 1. The first-order valence-electron chi connectivity index (χ1n) is 12.9. The van der Waals surface area contributed by atoms with E-state index in [0.29, 0.717) is 41.9 Å². The van der Waals surface area contributed by atoms with Gasteiger partial charge in [0.25, 0.3) is 5.56 Å². The second-order valence-corrected chi connectivity index (χ2v) is 10.6. The molecule has 6 rings (SSSR count). The van der Waals surface area contributed by atoms with Gasteiger partial charge < -0.3 is 25.5 Å². The molecule has 38 heavy (non-hydrogen) atoms. The number of rotatable bonds is 4. The van der Waals surface area contributed by atoms with Gasteiger partial charge >= 0.3 is 5.97 Å². The fourth-order valence-corrected chi connectivity index (χ4v) is 6.24. The Hall–Kier alpha value is -3.63. The van der Waals surface area contributed by atoms with Crippen LogP contribution in [0.15, 0.2) is 16.9 Å². The average molecular weight is 521 g/mol. The van der Waals surface area contributed by atoms with E-state index in [9.17, 15) is 23.9 Å². The number of hydrogen-bond acceptors (Lipinski definition) is 7. The molecule has 2 aliphatic heterocycles. The van der Waals surface area contributed by atoms with Gasteiger partial charge in [-0.1, -0.05) is 6.92 Å². The van der Waals surface area contributed by atoms with Gasteiger partial charge in [0.05, 0.1) is 35.1 Å². The third-order valence-corrected chi connectivity index (χ3v) is 8.43. The summed E-state index contributed by atoms with van der Waals surface area (Å²) in [6.07, 6.45) is 1.36. The number of aliphatic hydroxyl groups is 1. The maximum atomic E-state index is 15.0. The Balaban J connectivity index is 1.60. The van der Waals surface area contributed by atoms with Crippen molar-refractivity contribution in [1.82, 2.24) is 14.9 Å². The minimum Gasteiger partial charge on any atom is -0.458 e. The van der Waals surface area contributed by atoms with Gasteiger partial charge in [-0.3, -0.25) is 9.59 Å². The molecule has 0 radical (unpaired) electrons. The van der Waals surface area contributed by atoms with E-state index in [1.807, 2.05) is 0 Å². The van der Waals surface area contributed by atoms with Gasteiger partial charge in [0.2, 0.25) is 5.91 Å². The summed E-state index contributed by atoms with van der Waals surface area (Å²) in [5, 5.41) is 14.9. The van der Waals surface area contributed by atoms with Crippen LogP contribution in [0, 0.1) is 12.7 Å². The molecule has 1 amide bonds. The Bertz CT molecular complexity index is 1630. The summed E-state index contributed by atoms with van der Waals surface area (Å²) in [4.78, 5) is 43.3. The first-order valence-corrected chi connectivity index (χ1v) is 12.9. The summed E-state index contributed by atoms with van der Waals surface area (Å²) in [7, 11) is 0. The van der Waals surface area contributed by atoms with E-state index in [1.54, 1.807) is 31.4 Å². The van der Waals surface area contributed by atoms with Crippen molar-refractivity contribution in [3.63, 3.8) is 0 Å². The Kier molecular flexibility index (Phi) is 5.48. The van der Waals surface area contributed by atoms with Crippen LogP contribution in [0.3, 0.4) is 0 Å². The number of carbonyl (C=O) groups is 2. The molecule has 0 bridgehead atoms. The number of nitrogens with two attached hydrogens (primary N) is 1. The van der Waals surface area contributed by atoms with E-state index < -0.39 is 17.6 Å². The number of fused-ring (bicyclic) bond motifs is 5. The highest BCUT2D eigenvalue weighted by Crippen LogP contribution is 2.46. The molecule has 0 saturated carbocycles. The van der Waals surface area contributed by atoms with Gasteiger partial charge in [-0.2, -0.15) is 0 Å². The van der Waals surface area contributed by atoms with E-state index in [0.717, 1.165) is 22.1 Å². The van der Waals surface area contributed by atoms with Crippen molar-refractivity contribution >= 4 is 22.8 Å². The van der Waals surface area contributed by atoms with Crippen LogP contribution in [0.1, 0.15) is 66.0 Å². The number of hydrogen-bond donors (Lipinski definition) is 3. The molecule has 3 aliphatic rings. The molecule has 0 saturated heterocycles. The lowest BCUT2D eigenvalue weighted by Crippen LogP contribution is -2.44. The number of nitrogens with zero attached hydrogens (tertiary/aromatic N) is 2. The number of carbonyl (C=O) groups excluding carboxylic acids is 2. The molecule has 0 unspecified atom stereocenters. The molecule has 4 N–H and O–H groups in total. The van der Waals surface area contributed by atoms with E-state index in [1.165, 1.54) is 6.07 Å². The molecule has 10 heteroatoms. The van der Waals surface area contributed by atoms with E-state index in [-0.39, 0.29) is 53.9 Å². The zero-order chi connectivity index (χ0) is 27.1. The molecule has 2 aromatic heterocycles. The summed E-state index contributed by atoms with van der Waals surface area (Å²) in [6.45, 7) is 5.40. The van der Waals surface area contributed by atoms with Gasteiger partial charge in [0, 0.05) is 35.0 Å². The van der Waals surface area contributed by atoms with Crippen molar-refractivity contribution in [2.45, 2.75) is 70.7 Å². The number of aromatic nitrogens is 2. The molecule has 4 heterocycles. The summed E-state index contributed by atoms with van der Waals surface area (Å²) >= 11 is 0. The van der Waals surface area contributed by atoms with Gasteiger partial charge in [0.15, 0.2) is 5.60 Å². The monoisotopic (exact) mass is 520 g/mol. The minimum absolute atomic E-state index is 0.0418. The predicted molar refractivity (Wildman–Crippen MR) is 137 cm³/mol. The number of aryl methyl sites for hydroxylation is 1. The zero-order valence-electron chi connectivity index (χ0n) is 21.5. The van der Waals surface area contributed by atoms with Crippen LogP contribution < -0.4 is 16.6 Å². The van der Waals surface area contributed by atoms with Crippen LogP contribution in [0.5, 0.6) is 0 Å². The largest absolute Gasteiger partial charge is 0.458 e. The van der Waals surface area contributed by atoms with Gasteiger partial charge in [0.1, 0.15) is 12.4 Å². The number of benzene rings is 1. The lowest BCUT2D eigenvalue weighted by molar-refractivity contribution is -0.172. The molecule has 9 nitrogen and oxygen atoms in total. The van der Waals surface area contributed by atoms with Crippen LogP contribution in [0.4, 0.5) is 4.39 Å². The molecule has 198 valence electrons. The summed E-state index contributed by atoms with van der Waals surface area (Å²) in [5.41, 5.74) is 8.64.